The van der Waals surface area contributed by atoms with Gasteiger partial charge in [0.1, 0.15) is 12.2 Å². The largest absolute Gasteiger partial charge is 0.481 e. The SMILES string of the molecule is CC(=O)OCC(C)(O)C=C(O)OC(C)=O. The molecule has 0 radical (unpaired) electrons. The Balaban J connectivity index is 4.32. The third-order valence-electron chi connectivity index (χ3n) is 1.25. The van der Waals surface area contributed by atoms with E-state index >= 15 is 0 Å². The molecule has 0 fully saturated rings. The van der Waals surface area contributed by atoms with Crippen molar-refractivity contribution in [3.63, 3.8) is 0 Å². The van der Waals surface area contributed by atoms with Gasteiger partial charge in [0.15, 0.2) is 0 Å². The molecule has 0 aliphatic rings. The van der Waals surface area contributed by atoms with Crippen molar-refractivity contribution in [1.29, 1.82) is 0 Å². The quantitative estimate of drug-likeness (QED) is 0.519. The predicted molar refractivity (Wildman–Crippen MR) is 49.7 cm³/mol. The van der Waals surface area contributed by atoms with Crippen LogP contribution >= 0.6 is 0 Å². The van der Waals surface area contributed by atoms with E-state index in [0.29, 0.717) is 0 Å². The maximum Gasteiger partial charge on any atom is 0.310 e. The molecular formula is C9H14O6. The van der Waals surface area contributed by atoms with Crippen LogP contribution in [0.5, 0.6) is 0 Å². The summed E-state index contributed by atoms with van der Waals surface area (Å²) in [5, 5.41) is 18.6. The number of aliphatic hydroxyl groups excluding tert-OH is 1. The van der Waals surface area contributed by atoms with Gasteiger partial charge in [0.25, 0.3) is 5.95 Å². The Kier molecular flexibility index (Phi) is 4.80. The van der Waals surface area contributed by atoms with Crippen molar-refractivity contribution < 1.29 is 29.3 Å². The van der Waals surface area contributed by atoms with Gasteiger partial charge in [0, 0.05) is 19.9 Å². The van der Waals surface area contributed by atoms with Crippen LogP contribution in [-0.2, 0) is 19.1 Å². The first-order chi connectivity index (χ1) is 6.73. The molecule has 0 saturated carbocycles. The standard InChI is InChI=1S/C9H14O6/c1-6(10)14-5-9(3,13)4-8(12)15-7(2)11/h4,12-13H,5H2,1-3H3. The van der Waals surface area contributed by atoms with Crippen LogP contribution in [-0.4, -0.2) is 34.4 Å². The lowest BCUT2D eigenvalue weighted by atomic mass is 10.1. The Morgan fingerprint density at radius 2 is 1.87 bits per heavy atom. The van der Waals surface area contributed by atoms with Gasteiger partial charge in [-0.1, -0.05) is 0 Å². The molecule has 0 heterocycles. The van der Waals surface area contributed by atoms with E-state index in [2.05, 4.69) is 9.47 Å². The van der Waals surface area contributed by atoms with Gasteiger partial charge in [-0.05, 0) is 6.92 Å². The van der Waals surface area contributed by atoms with Crippen LogP contribution in [0.4, 0.5) is 0 Å². The predicted octanol–water partition coefficient (Wildman–Crippen LogP) is 0.263. The average Bonchev–Trinajstić information content (AvgIpc) is 1.98. The van der Waals surface area contributed by atoms with E-state index in [9.17, 15) is 14.7 Å². The van der Waals surface area contributed by atoms with E-state index in [-0.39, 0.29) is 6.61 Å². The van der Waals surface area contributed by atoms with E-state index in [0.717, 1.165) is 13.0 Å². The zero-order valence-electron chi connectivity index (χ0n) is 8.81. The minimum Gasteiger partial charge on any atom is -0.481 e. The minimum absolute atomic E-state index is 0.340. The molecule has 0 rings (SSSR count). The molecule has 6 nitrogen and oxygen atoms in total. The summed E-state index contributed by atoms with van der Waals surface area (Å²) < 4.78 is 8.80. The second-order valence-corrected chi connectivity index (χ2v) is 3.21. The molecule has 0 aromatic rings. The fraction of sp³-hybridized carbons (Fsp3) is 0.556. The molecule has 0 aliphatic heterocycles. The number of hydrogen-bond acceptors (Lipinski definition) is 6. The second kappa shape index (κ2) is 5.35. The van der Waals surface area contributed by atoms with E-state index in [1.165, 1.54) is 13.8 Å². The maximum absolute atomic E-state index is 10.5. The van der Waals surface area contributed by atoms with E-state index in [4.69, 9.17) is 5.11 Å². The summed E-state index contributed by atoms with van der Waals surface area (Å²) >= 11 is 0. The smallest absolute Gasteiger partial charge is 0.310 e. The summed E-state index contributed by atoms with van der Waals surface area (Å²) in [6.07, 6.45) is 0.872. The fourth-order valence-corrected chi connectivity index (χ4v) is 0.732. The van der Waals surface area contributed by atoms with Crippen molar-refractivity contribution in [3.05, 3.63) is 12.0 Å². The molecule has 0 saturated heterocycles. The molecule has 15 heavy (non-hydrogen) atoms. The summed E-state index contributed by atoms with van der Waals surface area (Å²) in [6.45, 7) is 3.24. The highest BCUT2D eigenvalue weighted by atomic mass is 16.6. The van der Waals surface area contributed by atoms with Crippen molar-refractivity contribution in [3.8, 4) is 0 Å². The van der Waals surface area contributed by atoms with Gasteiger partial charge < -0.3 is 19.7 Å². The summed E-state index contributed by atoms with van der Waals surface area (Å²) in [5.74, 6) is -2.01. The van der Waals surface area contributed by atoms with Crippen LogP contribution in [0.15, 0.2) is 12.0 Å². The van der Waals surface area contributed by atoms with Crippen molar-refractivity contribution in [2.45, 2.75) is 26.4 Å². The third kappa shape index (κ3) is 7.51. The van der Waals surface area contributed by atoms with Crippen LogP contribution in [0.3, 0.4) is 0 Å². The van der Waals surface area contributed by atoms with Gasteiger partial charge in [0.05, 0.1) is 0 Å². The van der Waals surface area contributed by atoms with Gasteiger partial charge in [-0.15, -0.1) is 0 Å². The lowest BCUT2D eigenvalue weighted by molar-refractivity contribution is -0.147. The lowest BCUT2D eigenvalue weighted by Crippen LogP contribution is -2.30. The number of carbonyl (C=O) groups excluding carboxylic acids is 2. The zero-order valence-corrected chi connectivity index (χ0v) is 8.81. The Bertz CT molecular complexity index is 278. The van der Waals surface area contributed by atoms with E-state index < -0.39 is 23.5 Å². The molecule has 6 heteroatoms. The molecule has 0 amide bonds. The van der Waals surface area contributed by atoms with Crippen LogP contribution in [0, 0.1) is 0 Å². The van der Waals surface area contributed by atoms with E-state index in [1.54, 1.807) is 0 Å². The normalized spacial score (nSPS) is 15.3. The summed E-state index contributed by atoms with van der Waals surface area (Å²) in [6, 6.07) is 0. The second-order valence-electron chi connectivity index (χ2n) is 3.21. The van der Waals surface area contributed by atoms with Crippen LogP contribution < -0.4 is 0 Å². The van der Waals surface area contributed by atoms with Gasteiger partial charge in [-0.25, -0.2) is 0 Å². The topological polar surface area (TPSA) is 93.1 Å². The molecule has 1 unspecified atom stereocenters. The number of aliphatic hydroxyl groups is 2. The summed E-state index contributed by atoms with van der Waals surface area (Å²) in [4.78, 5) is 20.9. The monoisotopic (exact) mass is 218 g/mol. The van der Waals surface area contributed by atoms with Gasteiger partial charge in [-0.2, -0.15) is 0 Å². The fourth-order valence-electron chi connectivity index (χ4n) is 0.732. The van der Waals surface area contributed by atoms with Gasteiger partial charge in [-0.3, -0.25) is 9.59 Å². The summed E-state index contributed by atoms with van der Waals surface area (Å²) in [5.41, 5.74) is -1.59. The molecule has 0 aliphatic carbocycles. The van der Waals surface area contributed by atoms with Crippen LogP contribution in [0.1, 0.15) is 20.8 Å². The molecular weight excluding hydrogens is 204 g/mol. The van der Waals surface area contributed by atoms with Crippen LogP contribution in [0.2, 0.25) is 0 Å². The molecule has 0 aromatic carbocycles. The van der Waals surface area contributed by atoms with Crippen molar-refractivity contribution in [2.75, 3.05) is 6.61 Å². The maximum atomic E-state index is 10.5. The van der Waals surface area contributed by atoms with Crippen molar-refractivity contribution in [1.82, 2.24) is 0 Å². The first kappa shape index (κ1) is 13.4. The summed E-state index contributed by atoms with van der Waals surface area (Å²) in [7, 11) is 0. The Labute approximate surface area is 87.1 Å². The first-order valence-corrected chi connectivity index (χ1v) is 4.19. The molecule has 86 valence electrons. The van der Waals surface area contributed by atoms with E-state index in [1.807, 2.05) is 0 Å². The minimum atomic E-state index is -1.59. The molecule has 0 aromatic heterocycles. The number of esters is 2. The van der Waals surface area contributed by atoms with Crippen molar-refractivity contribution >= 4 is 11.9 Å². The van der Waals surface area contributed by atoms with Gasteiger partial charge in [0.2, 0.25) is 0 Å². The number of carbonyl (C=O) groups is 2. The number of rotatable bonds is 4. The molecule has 1 atom stereocenters. The molecule has 2 N–H and O–H groups in total. The highest BCUT2D eigenvalue weighted by Crippen LogP contribution is 2.09. The average molecular weight is 218 g/mol. The van der Waals surface area contributed by atoms with Crippen LogP contribution in [0.25, 0.3) is 0 Å². The van der Waals surface area contributed by atoms with Gasteiger partial charge >= 0.3 is 11.9 Å². The highest BCUT2D eigenvalue weighted by Gasteiger charge is 2.21. The molecule has 0 bridgehead atoms. The Hall–Kier alpha value is -1.56. The Morgan fingerprint density at radius 3 is 2.27 bits per heavy atom. The lowest BCUT2D eigenvalue weighted by Gasteiger charge is -2.18. The van der Waals surface area contributed by atoms with Crippen molar-refractivity contribution in [2.24, 2.45) is 0 Å². The number of hydrogen-bond donors (Lipinski definition) is 2. The molecule has 0 spiro atoms. The Morgan fingerprint density at radius 1 is 1.33 bits per heavy atom. The zero-order chi connectivity index (χ0) is 12.1. The highest BCUT2D eigenvalue weighted by molar-refractivity contribution is 5.67. The third-order valence-corrected chi connectivity index (χ3v) is 1.25. The number of ether oxygens (including phenoxy) is 2. The first-order valence-electron chi connectivity index (χ1n) is 4.19.